The van der Waals surface area contributed by atoms with E-state index in [9.17, 15) is 0 Å². The molecule has 0 aromatic rings. The Hall–Kier alpha value is 1.47. The fourth-order valence-corrected chi connectivity index (χ4v) is 0. The van der Waals surface area contributed by atoms with Crippen LogP contribution >= 0.6 is 0 Å². The molecule has 0 aromatic carbocycles. The topological polar surface area (TPSA) is 80.3 Å². The Morgan fingerprint density at radius 3 is 0.875 bits per heavy atom. The first-order chi connectivity index (χ1) is 2.00. The van der Waals surface area contributed by atoms with Crippen LogP contribution in [-0.4, -0.2) is 69.6 Å². The van der Waals surface area contributed by atoms with Gasteiger partial charge in [-0.25, -0.2) is 0 Å². The van der Waals surface area contributed by atoms with Crippen molar-refractivity contribution in [3.8, 4) is 0 Å². The molecule has 0 aliphatic rings. The molecule has 32 valence electrons. The Bertz CT molecular complexity index is 94.5. The third-order valence-electron chi connectivity index (χ3n) is 0. The van der Waals surface area contributed by atoms with Gasteiger partial charge in [-0.1, -0.05) is 0 Å². The molecule has 0 fully saturated rings. The second kappa shape index (κ2) is 8.47. The summed E-state index contributed by atoms with van der Waals surface area (Å²) in [4.78, 5) is 0. The van der Waals surface area contributed by atoms with Crippen LogP contribution in [0.3, 0.4) is 0 Å². The van der Waals surface area contributed by atoms with Gasteiger partial charge in [0.1, 0.15) is 0 Å². The van der Waals surface area contributed by atoms with Gasteiger partial charge in [0.05, 0.1) is 0 Å². The standard InChI is InChI=1S/3Al.H2O4S/c;;;1-5(2,3)4/h;;;(H2,1,2,3,4)/q3*+3;/p-2. The molecule has 0 rings (SSSR count). The Morgan fingerprint density at radius 2 is 0.875 bits per heavy atom. The molecule has 0 aromatic heterocycles. The SMILES string of the molecule is O=S(=O)([O-])[O-].[Al+3].[Al+3].[Al+3]. The van der Waals surface area contributed by atoms with Gasteiger partial charge in [0.25, 0.3) is 0 Å². The minimum absolute atomic E-state index is 0. The van der Waals surface area contributed by atoms with Crippen molar-refractivity contribution in [3.05, 3.63) is 0 Å². The molecule has 0 amide bonds. The van der Waals surface area contributed by atoms with E-state index in [-0.39, 0.29) is 52.1 Å². The summed E-state index contributed by atoms with van der Waals surface area (Å²) in [7, 11) is -5.17. The summed E-state index contributed by atoms with van der Waals surface area (Å²) in [6.45, 7) is 0. The molecule has 0 bridgehead atoms. The Labute approximate surface area is 79.6 Å². The third-order valence-corrected chi connectivity index (χ3v) is 0. The third kappa shape index (κ3) is 145. The monoisotopic (exact) mass is 177 g/mol. The van der Waals surface area contributed by atoms with Crippen LogP contribution in [0.15, 0.2) is 0 Å². The summed E-state index contributed by atoms with van der Waals surface area (Å²) in [5.74, 6) is 0. The van der Waals surface area contributed by atoms with Gasteiger partial charge in [0.15, 0.2) is 0 Å². The van der Waals surface area contributed by atoms with Gasteiger partial charge in [-0.3, -0.25) is 8.42 Å². The van der Waals surface area contributed by atoms with E-state index in [4.69, 9.17) is 17.5 Å². The predicted molar refractivity (Wildman–Crippen MR) is 27.7 cm³/mol. The van der Waals surface area contributed by atoms with Crippen LogP contribution in [0.1, 0.15) is 0 Å². The summed E-state index contributed by atoms with van der Waals surface area (Å²) in [6, 6.07) is 0. The Balaban J connectivity index is -0.0000000267. The maximum absolute atomic E-state index is 8.52. The first-order valence-electron chi connectivity index (χ1n) is 0.667. The minimum Gasteiger partial charge on any atom is -0.759 e. The smallest absolute Gasteiger partial charge is 0.759 e. The molecule has 8 heavy (non-hydrogen) atoms. The normalized spacial score (nSPS) is 7.25. The maximum Gasteiger partial charge on any atom is 3.00 e. The van der Waals surface area contributed by atoms with Crippen LogP contribution in [0.4, 0.5) is 0 Å². The van der Waals surface area contributed by atoms with Gasteiger partial charge < -0.3 is 9.11 Å². The summed E-state index contributed by atoms with van der Waals surface area (Å²) in [5.41, 5.74) is 0. The molecular formula is Al3O4S+7. The quantitative estimate of drug-likeness (QED) is 0.233. The fraction of sp³-hybridized carbons (Fsp3) is 0. The van der Waals surface area contributed by atoms with Crippen molar-refractivity contribution in [2.24, 2.45) is 0 Å². The fourth-order valence-electron chi connectivity index (χ4n) is 0. The summed E-state index contributed by atoms with van der Waals surface area (Å²) in [6.07, 6.45) is 0. The number of hydrogen-bond donors (Lipinski definition) is 0. The minimum atomic E-state index is -5.17. The first-order valence-corrected chi connectivity index (χ1v) is 2.00. The molecular weight excluding hydrogens is 177 g/mol. The Morgan fingerprint density at radius 1 is 0.875 bits per heavy atom. The number of hydrogen-bond acceptors (Lipinski definition) is 4. The molecule has 0 spiro atoms. The molecule has 0 saturated heterocycles. The van der Waals surface area contributed by atoms with Crippen LogP contribution in [0.2, 0.25) is 0 Å². The van der Waals surface area contributed by atoms with Crippen LogP contribution in [0.25, 0.3) is 0 Å². The molecule has 8 heteroatoms. The van der Waals surface area contributed by atoms with Crippen LogP contribution in [-0.2, 0) is 10.4 Å². The number of rotatable bonds is 0. The van der Waals surface area contributed by atoms with Crippen molar-refractivity contribution in [1.82, 2.24) is 0 Å². The second-order valence-electron chi connectivity index (χ2n) is 0.408. The van der Waals surface area contributed by atoms with Crippen molar-refractivity contribution in [2.45, 2.75) is 0 Å². The van der Waals surface area contributed by atoms with E-state index in [1.165, 1.54) is 0 Å². The average Bonchev–Trinajstić information content (AvgIpc) is 0.722. The van der Waals surface area contributed by atoms with Crippen LogP contribution in [0, 0.1) is 0 Å². The molecule has 0 aliphatic heterocycles. The molecule has 0 N–H and O–H groups in total. The van der Waals surface area contributed by atoms with Crippen molar-refractivity contribution in [1.29, 1.82) is 0 Å². The van der Waals surface area contributed by atoms with E-state index in [0.29, 0.717) is 0 Å². The molecule has 0 unspecified atom stereocenters. The molecule has 0 radical (unpaired) electrons. The van der Waals surface area contributed by atoms with Crippen molar-refractivity contribution in [2.75, 3.05) is 0 Å². The van der Waals surface area contributed by atoms with E-state index in [1.54, 1.807) is 0 Å². The van der Waals surface area contributed by atoms with Crippen molar-refractivity contribution in [3.63, 3.8) is 0 Å². The zero-order valence-corrected chi connectivity index (χ0v) is 8.05. The maximum atomic E-state index is 8.52. The van der Waals surface area contributed by atoms with E-state index in [1.807, 2.05) is 0 Å². The van der Waals surface area contributed by atoms with E-state index in [0.717, 1.165) is 0 Å². The van der Waals surface area contributed by atoms with Gasteiger partial charge in [-0.05, 0) is 0 Å². The Kier molecular flexibility index (Phi) is 24.0. The van der Waals surface area contributed by atoms with Gasteiger partial charge in [0, 0.05) is 10.4 Å². The van der Waals surface area contributed by atoms with E-state index in [2.05, 4.69) is 0 Å². The van der Waals surface area contributed by atoms with Crippen molar-refractivity contribution < 1.29 is 17.5 Å². The van der Waals surface area contributed by atoms with Crippen molar-refractivity contribution >= 4 is 62.5 Å². The largest absolute Gasteiger partial charge is 3.00 e. The molecule has 0 heterocycles. The van der Waals surface area contributed by atoms with E-state index < -0.39 is 10.4 Å². The molecule has 0 aliphatic carbocycles. The molecule has 0 saturated carbocycles. The first kappa shape index (κ1) is 22.7. The second-order valence-corrected chi connectivity index (χ2v) is 1.22. The van der Waals surface area contributed by atoms with Gasteiger partial charge in [-0.2, -0.15) is 0 Å². The zero-order valence-electron chi connectivity index (χ0n) is 3.77. The van der Waals surface area contributed by atoms with Gasteiger partial charge >= 0.3 is 52.1 Å². The van der Waals surface area contributed by atoms with Crippen LogP contribution in [0.5, 0.6) is 0 Å². The van der Waals surface area contributed by atoms with E-state index >= 15 is 0 Å². The summed E-state index contributed by atoms with van der Waals surface area (Å²) < 4.78 is 34.1. The van der Waals surface area contributed by atoms with Gasteiger partial charge in [-0.15, -0.1) is 0 Å². The summed E-state index contributed by atoms with van der Waals surface area (Å²) in [5, 5.41) is 0. The average molecular weight is 177 g/mol. The zero-order chi connectivity index (χ0) is 4.50. The van der Waals surface area contributed by atoms with Gasteiger partial charge in [0.2, 0.25) is 0 Å². The predicted octanol–water partition coefficient (Wildman–Crippen LogP) is -2.48. The molecule has 0 atom stereocenters. The summed E-state index contributed by atoms with van der Waals surface area (Å²) >= 11 is 0. The molecule has 4 nitrogen and oxygen atoms in total. The van der Waals surface area contributed by atoms with Crippen LogP contribution < -0.4 is 0 Å².